The Morgan fingerprint density at radius 3 is 1.63 bits per heavy atom. The molecule has 0 fully saturated rings. The minimum Gasteiger partial charge on any atom is -0.311 e. The Morgan fingerprint density at radius 2 is 1.05 bits per heavy atom. The van der Waals surface area contributed by atoms with Gasteiger partial charge in [-0.2, -0.15) is 0 Å². The van der Waals surface area contributed by atoms with E-state index in [2.05, 4.69) is 158 Å². The van der Waals surface area contributed by atoms with Gasteiger partial charge in [0.05, 0.1) is 0 Å². The average Bonchev–Trinajstić information content (AvgIpc) is 2.99. The molecule has 0 aromatic heterocycles. The highest BCUT2D eigenvalue weighted by molar-refractivity contribution is 5.79. The van der Waals surface area contributed by atoms with Crippen LogP contribution in [0.3, 0.4) is 0 Å². The second-order valence-electron chi connectivity index (χ2n) is 10.2. The Hall–Kier alpha value is -5.08. The Labute approximate surface area is 244 Å². The molecule has 41 heavy (non-hydrogen) atoms. The van der Waals surface area contributed by atoms with Crippen LogP contribution in [-0.2, 0) is 0 Å². The predicted octanol–water partition coefficient (Wildman–Crippen LogP) is 11.2. The van der Waals surface area contributed by atoms with Crippen molar-refractivity contribution < 1.29 is 0 Å². The van der Waals surface area contributed by atoms with Crippen molar-refractivity contribution in [3.05, 3.63) is 175 Å². The predicted molar refractivity (Wildman–Crippen MR) is 178 cm³/mol. The highest BCUT2D eigenvalue weighted by Crippen LogP contribution is 2.37. The van der Waals surface area contributed by atoms with E-state index in [1.165, 1.54) is 22.3 Å². The van der Waals surface area contributed by atoms with Crippen LogP contribution >= 0.6 is 0 Å². The molecule has 0 heterocycles. The average molecular weight is 533 g/mol. The van der Waals surface area contributed by atoms with Crippen molar-refractivity contribution in [1.29, 1.82) is 0 Å². The van der Waals surface area contributed by atoms with Crippen LogP contribution in [0.5, 0.6) is 0 Å². The third kappa shape index (κ3) is 6.57. The zero-order valence-electron chi connectivity index (χ0n) is 24.0. The van der Waals surface area contributed by atoms with Crippen molar-refractivity contribution in [2.75, 3.05) is 9.80 Å². The SMILES string of the molecule is C=C(/C=C\C=C/C)N(c1ccc(-c2ccc(N(c3ccccc3)c3cccc(C)c3)cc2)cc1)c1cccc(C)c1. The summed E-state index contributed by atoms with van der Waals surface area (Å²) < 4.78 is 0. The third-order valence-corrected chi connectivity index (χ3v) is 7.00. The maximum absolute atomic E-state index is 4.37. The number of benzene rings is 5. The van der Waals surface area contributed by atoms with E-state index in [0.29, 0.717) is 0 Å². The molecule has 0 aliphatic rings. The van der Waals surface area contributed by atoms with Crippen LogP contribution in [0.25, 0.3) is 11.1 Å². The van der Waals surface area contributed by atoms with Gasteiger partial charge in [0, 0.05) is 34.1 Å². The lowest BCUT2D eigenvalue weighted by Gasteiger charge is -2.26. The smallest absolute Gasteiger partial charge is 0.0464 e. The normalized spacial score (nSPS) is 11.2. The molecule has 202 valence electrons. The van der Waals surface area contributed by atoms with Crippen molar-refractivity contribution in [3.8, 4) is 11.1 Å². The summed E-state index contributed by atoms with van der Waals surface area (Å²) in [6.07, 6.45) is 8.10. The summed E-state index contributed by atoms with van der Waals surface area (Å²) in [6, 6.07) is 45.2. The Kier molecular flexibility index (Phi) is 8.61. The summed E-state index contributed by atoms with van der Waals surface area (Å²) in [4.78, 5) is 4.49. The number of hydrogen-bond acceptors (Lipinski definition) is 2. The van der Waals surface area contributed by atoms with Crippen LogP contribution in [0, 0.1) is 13.8 Å². The van der Waals surface area contributed by atoms with E-state index in [1.54, 1.807) is 0 Å². The van der Waals surface area contributed by atoms with E-state index in [0.717, 1.165) is 34.1 Å². The number of aryl methyl sites for hydroxylation is 2. The number of rotatable bonds is 9. The standard InChI is InChI=1S/C39H36N2/c1-5-6-8-15-32(4)40(38-18-11-13-30(2)28-38)36-24-20-33(21-25-36)34-22-26-37(27-23-34)41(35-16-9-7-10-17-35)39-19-12-14-31(3)29-39/h5-29H,4H2,1-3H3/b6-5-,15-8-. The minimum absolute atomic E-state index is 0.906. The molecule has 2 nitrogen and oxygen atoms in total. The van der Waals surface area contributed by atoms with Crippen LogP contribution in [0.4, 0.5) is 28.4 Å². The van der Waals surface area contributed by atoms with E-state index in [-0.39, 0.29) is 0 Å². The first-order valence-corrected chi connectivity index (χ1v) is 14.0. The van der Waals surface area contributed by atoms with Crippen molar-refractivity contribution in [3.63, 3.8) is 0 Å². The van der Waals surface area contributed by atoms with Crippen LogP contribution in [0.2, 0.25) is 0 Å². The third-order valence-electron chi connectivity index (χ3n) is 7.00. The van der Waals surface area contributed by atoms with Gasteiger partial charge in [0.1, 0.15) is 0 Å². The summed E-state index contributed by atoms with van der Waals surface area (Å²) in [5.41, 5.74) is 11.3. The molecule has 5 rings (SSSR count). The molecule has 5 aromatic carbocycles. The van der Waals surface area contributed by atoms with Crippen molar-refractivity contribution in [2.45, 2.75) is 20.8 Å². The molecule has 5 aromatic rings. The molecule has 0 aliphatic carbocycles. The molecule has 0 amide bonds. The van der Waals surface area contributed by atoms with Gasteiger partial charge >= 0.3 is 0 Å². The maximum atomic E-state index is 4.37. The first-order chi connectivity index (χ1) is 20.0. The molecule has 0 saturated heterocycles. The van der Waals surface area contributed by atoms with Gasteiger partial charge in [-0.3, -0.25) is 0 Å². The van der Waals surface area contributed by atoms with Gasteiger partial charge in [-0.1, -0.05) is 91.5 Å². The van der Waals surface area contributed by atoms with Gasteiger partial charge in [-0.05, 0) is 110 Å². The second kappa shape index (κ2) is 12.8. The molecule has 0 spiro atoms. The fourth-order valence-electron chi connectivity index (χ4n) is 5.00. The Balaban J connectivity index is 1.45. The monoisotopic (exact) mass is 532 g/mol. The van der Waals surface area contributed by atoms with Crippen LogP contribution < -0.4 is 9.80 Å². The topological polar surface area (TPSA) is 6.48 Å². The Bertz CT molecular complexity index is 1660. The molecule has 0 atom stereocenters. The lowest BCUT2D eigenvalue weighted by Crippen LogP contribution is -2.14. The molecule has 2 heteroatoms. The van der Waals surface area contributed by atoms with E-state index < -0.39 is 0 Å². The fraction of sp³-hybridized carbons (Fsp3) is 0.0769. The van der Waals surface area contributed by atoms with Gasteiger partial charge in [0.25, 0.3) is 0 Å². The van der Waals surface area contributed by atoms with E-state index in [1.807, 2.05) is 31.2 Å². The zero-order chi connectivity index (χ0) is 28.6. The van der Waals surface area contributed by atoms with Crippen molar-refractivity contribution in [1.82, 2.24) is 0 Å². The summed E-state index contributed by atoms with van der Waals surface area (Å²) >= 11 is 0. The molecule has 0 saturated carbocycles. The van der Waals surface area contributed by atoms with E-state index >= 15 is 0 Å². The maximum Gasteiger partial charge on any atom is 0.0464 e. The minimum atomic E-state index is 0.906. The summed E-state index contributed by atoms with van der Waals surface area (Å²) in [7, 11) is 0. The number of allylic oxidation sites excluding steroid dienone is 4. The van der Waals surface area contributed by atoms with Crippen molar-refractivity contribution in [2.24, 2.45) is 0 Å². The van der Waals surface area contributed by atoms with Gasteiger partial charge in [-0.15, -0.1) is 0 Å². The van der Waals surface area contributed by atoms with Crippen LogP contribution in [0.15, 0.2) is 164 Å². The van der Waals surface area contributed by atoms with Crippen LogP contribution in [0.1, 0.15) is 18.1 Å². The highest BCUT2D eigenvalue weighted by Gasteiger charge is 2.14. The quantitative estimate of drug-likeness (QED) is 0.174. The van der Waals surface area contributed by atoms with E-state index in [9.17, 15) is 0 Å². The molecule has 0 unspecified atom stereocenters. The summed E-state index contributed by atoms with van der Waals surface area (Å²) in [5.74, 6) is 0. The van der Waals surface area contributed by atoms with Gasteiger partial charge in [0.2, 0.25) is 0 Å². The number of anilines is 5. The molecule has 0 N–H and O–H groups in total. The lowest BCUT2D eigenvalue weighted by atomic mass is 10.0. The fourth-order valence-corrected chi connectivity index (χ4v) is 5.00. The number of nitrogens with zero attached hydrogens (tertiary/aromatic N) is 2. The lowest BCUT2D eigenvalue weighted by molar-refractivity contribution is 1.21. The first kappa shape index (κ1) is 27.5. The van der Waals surface area contributed by atoms with Gasteiger partial charge < -0.3 is 9.80 Å². The number of para-hydroxylation sites is 1. The first-order valence-electron chi connectivity index (χ1n) is 14.0. The van der Waals surface area contributed by atoms with Crippen molar-refractivity contribution >= 4 is 28.4 Å². The summed E-state index contributed by atoms with van der Waals surface area (Å²) in [5, 5.41) is 0. The molecule has 0 radical (unpaired) electrons. The highest BCUT2D eigenvalue weighted by atomic mass is 15.1. The second-order valence-corrected chi connectivity index (χ2v) is 10.2. The number of hydrogen-bond donors (Lipinski definition) is 0. The molecular weight excluding hydrogens is 496 g/mol. The Morgan fingerprint density at radius 1 is 0.537 bits per heavy atom. The molecule has 0 aliphatic heterocycles. The largest absolute Gasteiger partial charge is 0.311 e. The zero-order valence-corrected chi connectivity index (χ0v) is 24.0. The molecular formula is C39H36N2. The van der Waals surface area contributed by atoms with Gasteiger partial charge in [-0.25, -0.2) is 0 Å². The summed E-state index contributed by atoms with van der Waals surface area (Å²) in [6.45, 7) is 10.6. The van der Waals surface area contributed by atoms with Gasteiger partial charge in [0.15, 0.2) is 0 Å². The van der Waals surface area contributed by atoms with Crippen LogP contribution in [-0.4, -0.2) is 0 Å². The van der Waals surface area contributed by atoms with E-state index in [4.69, 9.17) is 0 Å². The molecule has 0 bridgehead atoms.